The van der Waals surface area contributed by atoms with Crippen LogP contribution in [0.1, 0.15) is 26.3 Å². The Morgan fingerprint density at radius 1 is 1.04 bits per heavy atom. The lowest BCUT2D eigenvalue weighted by Gasteiger charge is -2.11. The number of carbonyl (C=O) groups excluding carboxylic acids is 2. The van der Waals surface area contributed by atoms with Crippen LogP contribution in [0.3, 0.4) is 0 Å². The van der Waals surface area contributed by atoms with E-state index in [-0.39, 0.29) is 5.56 Å². The summed E-state index contributed by atoms with van der Waals surface area (Å²) in [4.78, 5) is 28.6. The van der Waals surface area contributed by atoms with Gasteiger partial charge in [0.25, 0.3) is 5.91 Å². The fourth-order valence-corrected chi connectivity index (χ4v) is 2.72. The Kier molecular flexibility index (Phi) is 5.91. The Labute approximate surface area is 167 Å². The molecule has 0 aliphatic heterocycles. The van der Waals surface area contributed by atoms with Crippen molar-refractivity contribution in [2.45, 2.75) is 6.92 Å². The minimum absolute atomic E-state index is 0.273. The number of rotatable bonds is 5. The Hall–Kier alpha value is -3.38. The zero-order chi connectivity index (χ0) is 20.1. The molecule has 0 bridgehead atoms. The molecular weight excluding hydrogens is 378 g/mol. The highest BCUT2D eigenvalue weighted by atomic mass is 35.5. The molecule has 2 aromatic carbocycles. The van der Waals surface area contributed by atoms with Crippen molar-refractivity contribution in [1.82, 2.24) is 4.98 Å². The first-order chi connectivity index (χ1) is 13.5. The summed E-state index contributed by atoms with van der Waals surface area (Å²) in [6.07, 6.45) is 3.05. The molecule has 1 amide bonds. The number of nitrogens with one attached hydrogen (secondary N) is 2. The number of methoxy groups -OCH3 is 1. The second-order valence-electron chi connectivity index (χ2n) is 6.04. The van der Waals surface area contributed by atoms with E-state index in [1.54, 1.807) is 42.6 Å². The highest BCUT2D eigenvalue weighted by molar-refractivity contribution is 6.31. The number of nitrogens with zero attached hydrogens (tertiary/aromatic N) is 1. The number of halogens is 1. The Balaban J connectivity index is 1.79. The van der Waals surface area contributed by atoms with Crippen molar-refractivity contribution in [2.75, 3.05) is 17.7 Å². The number of carbonyl (C=O) groups is 2. The number of aromatic nitrogens is 1. The number of amides is 1. The van der Waals surface area contributed by atoms with Gasteiger partial charge in [0.1, 0.15) is 0 Å². The molecule has 0 saturated carbocycles. The molecule has 6 nitrogen and oxygen atoms in total. The van der Waals surface area contributed by atoms with E-state index in [2.05, 4.69) is 15.6 Å². The Morgan fingerprint density at radius 3 is 2.57 bits per heavy atom. The monoisotopic (exact) mass is 395 g/mol. The summed E-state index contributed by atoms with van der Waals surface area (Å²) in [7, 11) is 1.29. The molecular formula is C21H18ClN3O3. The lowest BCUT2D eigenvalue weighted by Crippen LogP contribution is -2.15. The maximum atomic E-state index is 12.6. The zero-order valence-corrected chi connectivity index (χ0v) is 16.1. The summed E-state index contributed by atoms with van der Waals surface area (Å²) in [5.41, 5.74) is 3.36. The number of esters is 1. The van der Waals surface area contributed by atoms with Crippen molar-refractivity contribution >= 4 is 40.5 Å². The molecule has 0 aliphatic rings. The average Bonchev–Trinajstić information content (AvgIpc) is 2.71. The number of hydrogen-bond acceptors (Lipinski definition) is 5. The van der Waals surface area contributed by atoms with Crippen molar-refractivity contribution in [3.05, 3.63) is 82.6 Å². The topological polar surface area (TPSA) is 80.3 Å². The largest absolute Gasteiger partial charge is 0.465 e. The number of para-hydroxylation sites is 1. The summed E-state index contributed by atoms with van der Waals surface area (Å²) in [6, 6.07) is 13.9. The van der Waals surface area contributed by atoms with E-state index in [4.69, 9.17) is 16.3 Å². The zero-order valence-electron chi connectivity index (χ0n) is 15.3. The number of hydrogen-bond donors (Lipinski definition) is 2. The summed E-state index contributed by atoms with van der Waals surface area (Å²) in [6.45, 7) is 1.92. The maximum absolute atomic E-state index is 12.6. The van der Waals surface area contributed by atoms with Gasteiger partial charge in [0.05, 0.1) is 35.8 Å². The SMILES string of the molecule is COC(=O)c1ccccc1NC(=O)c1cncc(Nc2ccc(C)c(Cl)c2)c1. The molecule has 7 heteroatoms. The van der Waals surface area contributed by atoms with Crippen molar-refractivity contribution in [3.63, 3.8) is 0 Å². The number of benzene rings is 2. The number of pyridine rings is 1. The molecule has 142 valence electrons. The fourth-order valence-electron chi connectivity index (χ4n) is 2.54. The smallest absolute Gasteiger partial charge is 0.339 e. The summed E-state index contributed by atoms with van der Waals surface area (Å²) < 4.78 is 4.74. The Morgan fingerprint density at radius 2 is 1.82 bits per heavy atom. The van der Waals surface area contributed by atoms with E-state index in [0.717, 1.165) is 11.3 Å². The molecule has 1 aromatic heterocycles. The van der Waals surface area contributed by atoms with Crippen molar-refractivity contribution < 1.29 is 14.3 Å². The predicted octanol–water partition coefficient (Wildman–Crippen LogP) is 4.83. The lowest BCUT2D eigenvalue weighted by molar-refractivity contribution is 0.0602. The van der Waals surface area contributed by atoms with Gasteiger partial charge < -0.3 is 15.4 Å². The van der Waals surface area contributed by atoms with E-state index in [1.807, 2.05) is 19.1 Å². The molecule has 0 saturated heterocycles. The second kappa shape index (κ2) is 8.54. The van der Waals surface area contributed by atoms with Gasteiger partial charge >= 0.3 is 5.97 Å². The second-order valence-corrected chi connectivity index (χ2v) is 6.45. The van der Waals surface area contributed by atoms with E-state index in [1.165, 1.54) is 13.3 Å². The van der Waals surface area contributed by atoms with E-state index in [9.17, 15) is 9.59 Å². The van der Waals surface area contributed by atoms with Gasteiger partial charge in [0, 0.05) is 16.9 Å². The van der Waals surface area contributed by atoms with Gasteiger partial charge in [0.15, 0.2) is 0 Å². The summed E-state index contributed by atoms with van der Waals surface area (Å²) >= 11 is 6.15. The third-order valence-electron chi connectivity index (χ3n) is 4.04. The van der Waals surface area contributed by atoms with Gasteiger partial charge in [-0.15, -0.1) is 0 Å². The van der Waals surface area contributed by atoms with Gasteiger partial charge in [0.2, 0.25) is 0 Å². The number of aryl methyl sites for hydroxylation is 1. The van der Waals surface area contributed by atoms with Crippen LogP contribution in [-0.2, 0) is 4.74 Å². The van der Waals surface area contributed by atoms with Crippen LogP contribution in [-0.4, -0.2) is 24.0 Å². The molecule has 0 unspecified atom stereocenters. The standard InChI is InChI=1S/C21H18ClN3O3/c1-13-7-8-15(10-18(13)22)24-16-9-14(11-23-12-16)20(26)25-19-6-4-3-5-17(19)21(27)28-2/h3-12,24H,1-2H3,(H,25,26). The van der Waals surface area contributed by atoms with Gasteiger partial charge in [-0.05, 0) is 42.8 Å². The quantitative estimate of drug-likeness (QED) is 0.605. The molecule has 0 atom stereocenters. The predicted molar refractivity (Wildman–Crippen MR) is 109 cm³/mol. The lowest BCUT2D eigenvalue weighted by atomic mass is 10.1. The van der Waals surface area contributed by atoms with Crippen LogP contribution >= 0.6 is 11.6 Å². The van der Waals surface area contributed by atoms with Crippen LogP contribution in [0.25, 0.3) is 0 Å². The molecule has 0 aliphatic carbocycles. The van der Waals surface area contributed by atoms with Crippen LogP contribution in [0.5, 0.6) is 0 Å². The first-order valence-corrected chi connectivity index (χ1v) is 8.82. The summed E-state index contributed by atoms with van der Waals surface area (Å²) in [5, 5.41) is 6.53. The van der Waals surface area contributed by atoms with E-state index in [0.29, 0.717) is 22.0 Å². The van der Waals surface area contributed by atoms with Crippen LogP contribution < -0.4 is 10.6 Å². The van der Waals surface area contributed by atoms with Gasteiger partial charge in [-0.1, -0.05) is 29.8 Å². The first-order valence-electron chi connectivity index (χ1n) is 8.45. The molecule has 0 fully saturated rings. The van der Waals surface area contributed by atoms with Gasteiger partial charge in [-0.3, -0.25) is 9.78 Å². The highest BCUT2D eigenvalue weighted by Gasteiger charge is 2.15. The van der Waals surface area contributed by atoms with Crippen molar-refractivity contribution in [1.29, 1.82) is 0 Å². The van der Waals surface area contributed by atoms with Crippen molar-refractivity contribution in [2.24, 2.45) is 0 Å². The molecule has 0 spiro atoms. The molecule has 1 heterocycles. The molecule has 3 aromatic rings. The van der Waals surface area contributed by atoms with Crippen molar-refractivity contribution in [3.8, 4) is 0 Å². The van der Waals surface area contributed by atoms with Crippen LogP contribution in [0.4, 0.5) is 17.1 Å². The van der Waals surface area contributed by atoms with Crippen LogP contribution in [0, 0.1) is 6.92 Å². The van der Waals surface area contributed by atoms with Crippen LogP contribution in [0.15, 0.2) is 60.9 Å². The van der Waals surface area contributed by atoms with E-state index >= 15 is 0 Å². The average molecular weight is 396 g/mol. The van der Waals surface area contributed by atoms with Crippen LogP contribution in [0.2, 0.25) is 5.02 Å². The number of anilines is 3. The molecule has 0 radical (unpaired) electrons. The fraction of sp³-hybridized carbons (Fsp3) is 0.0952. The van der Waals surface area contributed by atoms with E-state index < -0.39 is 11.9 Å². The third kappa shape index (κ3) is 4.47. The Bertz CT molecular complexity index is 1040. The number of ether oxygens (including phenoxy) is 1. The molecule has 3 rings (SSSR count). The van der Waals surface area contributed by atoms with Gasteiger partial charge in [-0.2, -0.15) is 0 Å². The van der Waals surface area contributed by atoms with Gasteiger partial charge in [-0.25, -0.2) is 4.79 Å². The first kappa shape index (κ1) is 19.4. The normalized spacial score (nSPS) is 10.2. The molecule has 28 heavy (non-hydrogen) atoms. The molecule has 2 N–H and O–H groups in total. The third-order valence-corrected chi connectivity index (χ3v) is 4.45. The highest BCUT2D eigenvalue weighted by Crippen LogP contribution is 2.24. The maximum Gasteiger partial charge on any atom is 0.339 e. The minimum atomic E-state index is -0.527. The summed E-state index contributed by atoms with van der Waals surface area (Å²) in [5.74, 6) is -0.921. The minimum Gasteiger partial charge on any atom is -0.465 e.